The van der Waals surface area contributed by atoms with Gasteiger partial charge in [-0.3, -0.25) is 10.00 Å². The van der Waals surface area contributed by atoms with Crippen molar-refractivity contribution < 1.29 is 9.47 Å². The summed E-state index contributed by atoms with van der Waals surface area (Å²) in [5, 5.41) is 8.23. The normalized spacial score (nSPS) is 14.6. The van der Waals surface area contributed by atoms with E-state index in [0.717, 1.165) is 43.7 Å². The van der Waals surface area contributed by atoms with Gasteiger partial charge in [-0.15, -0.1) is 0 Å². The van der Waals surface area contributed by atoms with Crippen LogP contribution in [0.15, 0.2) is 12.1 Å². The molecule has 0 amide bonds. The van der Waals surface area contributed by atoms with E-state index in [-0.39, 0.29) is 0 Å². The second-order valence-corrected chi connectivity index (χ2v) is 6.10. The third-order valence-corrected chi connectivity index (χ3v) is 4.67. The van der Waals surface area contributed by atoms with E-state index >= 15 is 0 Å². The lowest BCUT2D eigenvalue weighted by Crippen LogP contribution is -2.31. The van der Waals surface area contributed by atoms with E-state index in [4.69, 9.17) is 21.1 Å². The maximum absolute atomic E-state index is 6.55. The average molecular weight is 336 g/mol. The van der Waals surface area contributed by atoms with E-state index < -0.39 is 0 Å². The van der Waals surface area contributed by atoms with E-state index in [2.05, 4.69) is 22.0 Å². The minimum absolute atomic E-state index is 0.536. The Morgan fingerprint density at radius 2 is 2.13 bits per heavy atom. The monoisotopic (exact) mass is 335 g/mol. The fourth-order valence-electron chi connectivity index (χ4n) is 3.15. The first-order chi connectivity index (χ1) is 11.2. The van der Waals surface area contributed by atoms with Gasteiger partial charge in [0.25, 0.3) is 0 Å². The molecule has 2 heterocycles. The Morgan fingerprint density at radius 3 is 2.83 bits per heavy atom. The number of rotatable bonds is 5. The van der Waals surface area contributed by atoms with Gasteiger partial charge in [-0.1, -0.05) is 18.5 Å². The molecule has 5 nitrogen and oxygen atoms in total. The van der Waals surface area contributed by atoms with Gasteiger partial charge in [0.2, 0.25) is 0 Å². The molecular weight excluding hydrogens is 314 g/mol. The number of fused-ring (bicyclic) bond motifs is 1. The molecule has 1 N–H and O–H groups in total. The van der Waals surface area contributed by atoms with Crippen molar-refractivity contribution in [3.8, 4) is 22.8 Å². The molecule has 23 heavy (non-hydrogen) atoms. The summed E-state index contributed by atoms with van der Waals surface area (Å²) >= 11 is 6.55. The first-order valence-electron chi connectivity index (χ1n) is 7.88. The maximum atomic E-state index is 6.55. The van der Waals surface area contributed by atoms with Gasteiger partial charge >= 0.3 is 0 Å². The molecule has 0 aliphatic carbocycles. The fourth-order valence-corrected chi connectivity index (χ4v) is 3.48. The van der Waals surface area contributed by atoms with Crippen molar-refractivity contribution in [2.45, 2.75) is 26.3 Å². The van der Waals surface area contributed by atoms with Crippen LogP contribution in [-0.4, -0.2) is 42.4 Å². The van der Waals surface area contributed by atoms with Gasteiger partial charge in [-0.05, 0) is 25.1 Å². The van der Waals surface area contributed by atoms with E-state index in [9.17, 15) is 0 Å². The topological polar surface area (TPSA) is 50.4 Å². The van der Waals surface area contributed by atoms with E-state index in [0.29, 0.717) is 16.5 Å². The Labute approximate surface area is 141 Å². The summed E-state index contributed by atoms with van der Waals surface area (Å²) in [6.45, 7) is 5.28. The van der Waals surface area contributed by atoms with Gasteiger partial charge in [-0.25, -0.2) is 0 Å². The van der Waals surface area contributed by atoms with Crippen molar-refractivity contribution in [1.29, 1.82) is 0 Å². The van der Waals surface area contributed by atoms with Crippen molar-refractivity contribution in [2.75, 3.05) is 27.3 Å². The van der Waals surface area contributed by atoms with Crippen molar-refractivity contribution >= 4 is 11.6 Å². The molecule has 0 atom stereocenters. The summed E-state index contributed by atoms with van der Waals surface area (Å²) in [5.74, 6) is 1.17. The number of halogens is 1. The number of aromatic nitrogens is 2. The lowest BCUT2D eigenvalue weighted by atomic mass is 10.0. The molecule has 1 aromatic carbocycles. The number of hydrogen-bond acceptors (Lipinski definition) is 4. The minimum Gasteiger partial charge on any atom is -0.493 e. The standard InChI is InChI=1S/C17H22ClN3O2/c1-4-8-21-9-7-13-12(10-21)16(20-19-13)11-5-6-14(22-2)17(23-3)15(11)18/h5-6H,4,7-10H2,1-3H3,(H,19,20). The van der Waals surface area contributed by atoms with E-state index in [1.165, 1.54) is 11.3 Å². The van der Waals surface area contributed by atoms with Crippen LogP contribution in [-0.2, 0) is 13.0 Å². The first-order valence-corrected chi connectivity index (χ1v) is 8.26. The number of nitrogens with zero attached hydrogens (tertiary/aromatic N) is 2. The number of ether oxygens (including phenoxy) is 2. The first kappa shape index (κ1) is 16.1. The molecule has 0 bridgehead atoms. The molecule has 0 radical (unpaired) electrons. The number of hydrogen-bond donors (Lipinski definition) is 1. The molecule has 1 aliphatic rings. The van der Waals surface area contributed by atoms with Crippen LogP contribution in [0.4, 0.5) is 0 Å². The lowest BCUT2D eigenvalue weighted by Gasteiger charge is -2.26. The molecule has 6 heteroatoms. The summed E-state index contributed by atoms with van der Waals surface area (Å²) in [6, 6.07) is 3.81. The summed E-state index contributed by atoms with van der Waals surface area (Å²) in [4.78, 5) is 2.45. The zero-order valence-electron chi connectivity index (χ0n) is 13.8. The molecule has 0 spiro atoms. The SMILES string of the molecule is CCCN1CCc2[nH]nc(-c3ccc(OC)c(OC)c3Cl)c2C1. The van der Waals surface area contributed by atoms with Crippen LogP contribution in [0.1, 0.15) is 24.6 Å². The highest BCUT2D eigenvalue weighted by molar-refractivity contribution is 6.35. The van der Waals surface area contributed by atoms with Gasteiger partial charge < -0.3 is 9.47 Å². The summed E-state index contributed by atoms with van der Waals surface area (Å²) < 4.78 is 10.7. The fraction of sp³-hybridized carbons (Fsp3) is 0.471. The highest BCUT2D eigenvalue weighted by Gasteiger charge is 2.25. The van der Waals surface area contributed by atoms with Crippen LogP contribution in [0.3, 0.4) is 0 Å². The third kappa shape index (κ3) is 2.91. The highest BCUT2D eigenvalue weighted by atomic mass is 35.5. The highest BCUT2D eigenvalue weighted by Crippen LogP contribution is 2.42. The second kappa shape index (κ2) is 6.81. The zero-order chi connectivity index (χ0) is 16.4. The van der Waals surface area contributed by atoms with E-state index in [1.54, 1.807) is 14.2 Å². The Morgan fingerprint density at radius 1 is 1.30 bits per heavy atom. The molecule has 124 valence electrons. The van der Waals surface area contributed by atoms with Crippen molar-refractivity contribution in [2.24, 2.45) is 0 Å². The summed E-state index contributed by atoms with van der Waals surface area (Å²) in [5.41, 5.74) is 4.23. The van der Waals surface area contributed by atoms with Gasteiger partial charge in [0.15, 0.2) is 11.5 Å². The van der Waals surface area contributed by atoms with Crippen LogP contribution in [0.5, 0.6) is 11.5 Å². The molecule has 0 saturated heterocycles. The number of H-pyrrole nitrogens is 1. The predicted octanol–water partition coefficient (Wildman–Crippen LogP) is 3.52. The predicted molar refractivity (Wildman–Crippen MR) is 91.4 cm³/mol. The van der Waals surface area contributed by atoms with Crippen molar-refractivity contribution in [1.82, 2.24) is 15.1 Å². The largest absolute Gasteiger partial charge is 0.493 e. The Balaban J connectivity index is 2.03. The smallest absolute Gasteiger partial charge is 0.180 e. The quantitative estimate of drug-likeness (QED) is 0.908. The second-order valence-electron chi connectivity index (χ2n) is 5.72. The van der Waals surface area contributed by atoms with Gasteiger partial charge in [0.1, 0.15) is 0 Å². The summed E-state index contributed by atoms with van der Waals surface area (Å²) in [6.07, 6.45) is 2.15. The Bertz CT molecular complexity index is 699. The molecule has 0 unspecified atom stereocenters. The number of benzene rings is 1. The average Bonchev–Trinajstić information content (AvgIpc) is 2.98. The minimum atomic E-state index is 0.536. The molecular formula is C17H22ClN3O2. The number of aromatic amines is 1. The van der Waals surface area contributed by atoms with Gasteiger partial charge in [0, 0.05) is 36.3 Å². The molecule has 0 saturated carbocycles. The zero-order valence-corrected chi connectivity index (χ0v) is 14.5. The molecule has 1 aromatic heterocycles. The molecule has 1 aliphatic heterocycles. The molecule has 2 aromatic rings. The van der Waals surface area contributed by atoms with Crippen LogP contribution in [0.2, 0.25) is 5.02 Å². The molecule has 3 rings (SSSR count). The van der Waals surface area contributed by atoms with Gasteiger partial charge in [0.05, 0.1) is 24.9 Å². The summed E-state index contributed by atoms with van der Waals surface area (Å²) in [7, 11) is 3.20. The van der Waals surface area contributed by atoms with E-state index in [1.807, 2.05) is 12.1 Å². The number of nitrogens with one attached hydrogen (secondary N) is 1. The van der Waals surface area contributed by atoms with Gasteiger partial charge in [-0.2, -0.15) is 5.10 Å². The maximum Gasteiger partial charge on any atom is 0.180 e. The third-order valence-electron chi connectivity index (χ3n) is 4.29. The Kier molecular flexibility index (Phi) is 4.78. The van der Waals surface area contributed by atoms with Crippen LogP contribution >= 0.6 is 11.6 Å². The van der Waals surface area contributed by atoms with Crippen LogP contribution in [0.25, 0.3) is 11.3 Å². The van der Waals surface area contributed by atoms with Crippen LogP contribution in [0, 0.1) is 0 Å². The number of methoxy groups -OCH3 is 2. The molecule has 0 fully saturated rings. The van der Waals surface area contributed by atoms with Crippen LogP contribution < -0.4 is 9.47 Å². The Hall–Kier alpha value is -1.72. The van der Waals surface area contributed by atoms with Crippen molar-refractivity contribution in [3.05, 3.63) is 28.4 Å². The van der Waals surface area contributed by atoms with Crippen molar-refractivity contribution in [3.63, 3.8) is 0 Å². The lowest BCUT2D eigenvalue weighted by molar-refractivity contribution is 0.254.